The first-order valence-corrected chi connectivity index (χ1v) is 6.21. The highest BCUT2D eigenvalue weighted by Gasteiger charge is 2.21. The number of nitrogens with zero attached hydrogens (tertiary/aromatic N) is 3. The van der Waals surface area contributed by atoms with Crippen LogP contribution in [0.3, 0.4) is 0 Å². The summed E-state index contributed by atoms with van der Waals surface area (Å²) in [4.78, 5) is 36.1. The molecule has 0 radical (unpaired) electrons. The molecule has 1 aromatic rings. The zero-order chi connectivity index (χ0) is 16.2. The molecule has 0 atom stereocenters. The van der Waals surface area contributed by atoms with Crippen LogP contribution < -0.4 is 0 Å². The molecule has 0 heterocycles. The number of halogens is 1. The summed E-state index contributed by atoms with van der Waals surface area (Å²) in [6, 6.07) is 2.92. The molecule has 1 aromatic carbocycles. The van der Waals surface area contributed by atoms with Gasteiger partial charge >= 0.3 is 5.69 Å². The molecule has 0 N–H and O–H groups in total. The first-order chi connectivity index (χ1) is 9.77. The molecule has 0 aliphatic heterocycles. The summed E-state index contributed by atoms with van der Waals surface area (Å²) in [5.41, 5.74) is -0.731. The first-order valence-electron chi connectivity index (χ1n) is 6.21. The van der Waals surface area contributed by atoms with Gasteiger partial charge in [-0.05, 0) is 19.1 Å². The van der Waals surface area contributed by atoms with E-state index < -0.39 is 22.3 Å². The SMILES string of the molecule is CCN(CC(=O)N(C)C)C(=O)c1ccc([N+](=O)[O-])c(F)c1. The van der Waals surface area contributed by atoms with E-state index in [2.05, 4.69) is 0 Å². The zero-order valence-electron chi connectivity index (χ0n) is 12.0. The van der Waals surface area contributed by atoms with Gasteiger partial charge in [-0.2, -0.15) is 4.39 Å². The topological polar surface area (TPSA) is 83.8 Å². The summed E-state index contributed by atoms with van der Waals surface area (Å²) in [5.74, 6) is -1.91. The van der Waals surface area contributed by atoms with Crippen molar-refractivity contribution in [3.8, 4) is 0 Å². The Bertz CT molecular complexity index is 575. The van der Waals surface area contributed by atoms with Crippen molar-refractivity contribution >= 4 is 17.5 Å². The van der Waals surface area contributed by atoms with Gasteiger partial charge < -0.3 is 9.80 Å². The van der Waals surface area contributed by atoms with Crippen LogP contribution in [0, 0.1) is 15.9 Å². The zero-order valence-corrected chi connectivity index (χ0v) is 12.0. The summed E-state index contributed by atoms with van der Waals surface area (Å²) >= 11 is 0. The molecule has 2 amide bonds. The van der Waals surface area contributed by atoms with Gasteiger partial charge in [0.05, 0.1) is 11.5 Å². The smallest absolute Gasteiger partial charge is 0.304 e. The molecule has 0 fully saturated rings. The van der Waals surface area contributed by atoms with Crippen molar-refractivity contribution in [2.24, 2.45) is 0 Å². The Hall–Kier alpha value is -2.51. The third-order valence-corrected chi connectivity index (χ3v) is 2.89. The average Bonchev–Trinajstić information content (AvgIpc) is 2.42. The molecule has 0 saturated carbocycles. The van der Waals surface area contributed by atoms with Crippen LogP contribution in [0.1, 0.15) is 17.3 Å². The molecular formula is C13H16FN3O4. The maximum atomic E-state index is 13.5. The number of nitro groups is 1. The number of carbonyl (C=O) groups excluding carboxylic acids is 2. The number of benzene rings is 1. The molecule has 0 saturated heterocycles. The molecule has 1 rings (SSSR count). The second-order valence-electron chi connectivity index (χ2n) is 4.53. The Morgan fingerprint density at radius 1 is 1.33 bits per heavy atom. The van der Waals surface area contributed by atoms with Gasteiger partial charge in [-0.1, -0.05) is 0 Å². The number of nitro benzene ring substituents is 1. The van der Waals surface area contributed by atoms with E-state index in [-0.39, 0.29) is 24.6 Å². The Morgan fingerprint density at radius 3 is 2.38 bits per heavy atom. The van der Waals surface area contributed by atoms with Crippen molar-refractivity contribution in [2.45, 2.75) is 6.92 Å². The molecule has 0 spiro atoms. The van der Waals surface area contributed by atoms with Gasteiger partial charge in [0.15, 0.2) is 0 Å². The third-order valence-electron chi connectivity index (χ3n) is 2.89. The third kappa shape index (κ3) is 3.98. The van der Waals surface area contributed by atoms with Gasteiger partial charge in [-0.15, -0.1) is 0 Å². The lowest BCUT2D eigenvalue weighted by molar-refractivity contribution is -0.387. The standard InChI is InChI=1S/C13H16FN3O4/c1-4-16(8-12(18)15(2)3)13(19)9-5-6-11(17(20)21)10(14)7-9/h5-7H,4,8H2,1-3H3. The van der Waals surface area contributed by atoms with Gasteiger partial charge in [0, 0.05) is 32.3 Å². The second-order valence-corrected chi connectivity index (χ2v) is 4.53. The van der Waals surface area contributed by atoms with E-state index in [1.54, 1.807) is 21.0 Å². The van der Waals surface area contributed by atoms with E-state index in [9.17, 15) is 24.1 Å². The lowest BCUT2D eigenvalue weighted by Gasteiger charge is -2.22. The van der Waals surface area contributed by atoms with Gasteiger partial charge in [-0.25, -0.2) is 0 Å². The summed E-state index contributed by atoms with van der Waals surface area (Å²) < 4.78 is 13.5. The number of hydrogen-bond acceptors (Lipinski definition) is 4. The van der Waals surface area contributed by atoms with Crippen LogP contribution in [-0.4, -0.2) is 53.7 Å². The number of hydrogen-bond donors (Lipinski definition) is 0. The van der Waals surface area contributed by atoms with E-state index in [0.717, 1.165) is 12.1 Å². The number of rotatable bonds is 5. The first kappa shape index (κ1) is 16.5. The van der Waals surface area contributed by atoms with Crippen LogP contribution in [0.5, 0.6) is 0 Å². The summed E-state index contributed by atoms with van der Waals surface area (Å²) in [7, 11) is 3.12. The lowest BCUT2D eigenvalue weighted by Crippen LogP contribution is -2.40. The molecule has 0 aliphatic rings. The minimum Gasteiger partial charge on any atom is -0.347 e. The predicted octanol–water partition coefficient (Wildman–Crippen LogP) is 1.28. The highest BCUT2D eigenvalue weighted by atomic mass is 19.1. The van der Waals surface area contributed by atoms with Gasteiger partial charge in [0.2, 0.25) is 11.7 Å². The van der Waals surface area contributed by atoms with Crippen molar-refractivity contribution in [1.29, 1.82) is 0 Å². The molecule has 114 valence electrons. The van der Waals surface area contributed by atoms with Crippen molar-refractivity contribution in [3.05, 3.63) is 39.7 Å². The van der Waals surface area contributed by atoms with E-state index in [1.807, 2.05) is 0 Å². The number of carbonyl (C=O) groups is 2. The van der Waals surface area contributed by atoms with Crippen LogP contribution >= 0.6 is 0 Å². The maximum Gasteiger partial charge on any atom is 0.304 e. The van der Waals surface area contributed by atoms with Crippen molar-refractivity contribution in [1.82, 2.24) is 9.80 Å². The van der Waals surface area contributed by atoms with E-state index in [0.29, 0.717) is 0 Å². The van der Waals surface area contributed by atoms with E-state index in [1.165, 1.54) is 15.9 Å². The largest absolute Gasteiger partial charge is 0.347 e. The fourth-order valence-corrected chi connectivity index (χ4v) is 1.60. The van der Waals surface area contributed by atoms with Crippen molar-refractivity contribution in [2.75, 3.05) is 27.2 Å². The molecule has 0 aromatic heterocycles. The molecule has 8 heteroatoms. The quantitative estimate of drug-likeness (QED) is 0.605. The predicted molar refractivity (Wildman–Crippen MR) is 73.3 cm³/mol. The van der Waals surface area contributed by atoms with Crippen LogP contribution in [-0.2, 0) is 4.79 Å². The summed E-state index contributed by atoms with van der Waals surface area (Å²) in [6.07, 6.45) is 0. The van der Waals surface area contributed by atoms with Gasteiger partial charge in [0.1, 0.15) is 0 Å². The Balaban J connectivity index is 2.98. The van der Waals surface area contributed by atoms with Gasteiger partial charge in [-0.3, -0.25) is 19.7 Å². The highest BCUT2D eigenvalue weighted by molar-refractivity contribution is 5.96. The Kier molecular flexibility index (Phi) is 5.34. The normalized spacial score (nSPS) is 10.1. The summed E-state index contributed by atoms with van der Waals surface area (Å²) in [6.45, 7) is 1.81. The number of amides is 2. The van der Waals surface area contributed by atoms with Crippen LogP contribution in [0.25, 0.3) is 0 Å². The fourth-order valence-electron chi connectivity index (χ4n) is 1.60. The lowest BCUT2D eigenvalue weighted by atomic mass is 10.1. The molecule has 0 bridgehead atoms. The minimum atomic E-state index is -1.08. The Labute approximate surface area is 121 Å². The van der Waals surface area contributed by atoms with E-state index in [4.69, 9.17) is 0 Å². The molecule has 0 unspecified atom stereocenters. The molecule has 21 heavy (non-hydrogen) atoms. The second kappa shape index (κ2) is 6.78. The van der Waals surface area contributed by atoms with Gasteiger partial charge in [0.25, 0.3) is 5.91 Å². The van der Waals surface area contributed by atoms with E-state index >= 15 is 0 Å². The maximum absolute atomic E-state index is 13.5. The molecular weight excluding hydrogens is 281 g/mol. The molecule has 0 aliphatic carbocycles. The molecule has 7 nitrogen and oxygen atoms in total. The van der Waals surface area contributed by atoms with Crippen molar-refractivity contribution in [3.63, 3.8) is 0 Å². The Morgan fingerprint density at radius 2 is 1.95 bits per heavy atom. The minimum absolute atomic E-state index is 0.0356. The van der Waals surface area contributed by atoms with Crippen molar-refractivity contribution < 1.29 is 18.9 Å². The fraction of sp³-hybridized carbons (Fsp3) is 0.385. The highest BCUT2D eigenvalue weighted by Crippen LogP contribution is 2.19. The monoisotopic (exact) mass is 297 g/mol. The summed E-state index contributed by atoms with van der Waals surface area (Å²) in [5, 5.41) is 10.5. The van der Waals surface area contributed by atoms with Crippen LogP contribution in [0.4, 0.5) is 10.1 Å². The van der Waals surface area contributed by atoms with Crippen LogP contribution in [0.2, 0.25) is 0 Å². The average molecular weight is 297 g/mol. The van der Waals surface area contributed by atoms with Crippen LogP contribution in [0.15, 0.2) is 18.2 Å². The number of likely N-dealkylation sites (N-methyl/N-ethyl adjacent to an activating group) is 2.